The highest BCUT2D eigenvalue weighted by Gasteiger charge is 2.30. The summed E-state index contributed by atoms with van der Waals surface area (Å²) < 4.78 is 68.4. The summed E-state index contributed by atoms with van der Waals surface area (Å²) in [5.74, 6) is -2.20. The van der Waals surface area contributed by atoms with Gasteiger partial charge in [-0.05, 0) is 135 Å². The van der Waals surface area contributed by atoms with Gasteiger partial charge in [0, 0.05) is 25.7 Å². The van der Waals surface area contributed by atoms with Crippen LogP contribution in [0.3, 0.4) is 0 Å². The average Bonchev–Trinajstić information content (AvgIpc) is 1.67. The summed E-state index contributed by atoms with van der Waals surface area (Å²) >= 11 is 0. The van der Waals surface area contributed by atoms with Crippen LogP contribution in [0, 0.1) is 0 Å². The Balaban J connectivity index is 5.34. The first-order valence-corrected chi connectivity index (χ1v) is 40.5. The van der Waals surface area contributed by atoms with Gasteiger partial charge in [0.2, 0.25) is 0 Å². The van der Waals surface area contributed by atoms with Gasteiger partial charge in [-0.25, -0.2) is 9.13 Å². The van der Waals surface area contributed by atoms with Crippen molar-refractivity contribution in [2.24, 2.45) is 0 Å². The standard InChI is InChI=1S/C75H136O17P2/c1-5-9-13-17-21-25-29-33-34-38-40-44-48-52-56-60-73(78)86-66-71(92-75(80)62-58-54-50-46-42-37-32-28-24-20-16-12-8-4)68-90-94(83,84)88-64-69(76)63-87-93(81,82)89-67-70(91-74(79)61-57-53-49-45-41-36-31-27-23-19-15-11-7-3)65-85-72(77)59-55-51-47-43-39-35-30-26-22-18-14-10-6-2/h21,25-28,30-34,69-71,76H,5-20,22-24,29,35-68H2,1-4H3,(H,81,82)(H,83,84)/b25-21-,30-26-,31-27-,32-28-,34-33-/t69-,70+,71+/m0/s1. The van der Waals surface area contributed by atoms with Crippen molar-refractivity contribution in [2.45, 2.75) is 354 Å². The van der Waals surface area contributed by atoms with Crippen molar-refractivity contribution in [1.82, 2.24) is 0 Å². The molecule has 0 aliphatic rings. The van der Waals surface area contributed by atoms with E-state index in [2.05, 4.69) is 88.5 Å². The molecule has 0 heterocycles. The van der Waals surface area contributed by atoms with E-state index in [0.717, 1.165) is 161 Å². The Kier molecular flexibility index (Phi) is 65.9. The molecule has 0 saturated heterocycles. The summed E-state index contributed by atoms with van der Waals surface area (Å²) in [6.07, 6.45) is 65.0. The molecule has 0 aromatic rings. The maximum absolute atomic E-state index is 13.0. The van der Waals surface area contributed by atoms with Gasteiger partial charge in [-0.2, -0.15) is 0 Å². The van der Waals surface area contributed by atoms with Gasteiger partial charge in [0.25, 0.3) is 0 Å². The molecule has 0 fully saturated rings. The number of carbonyl (C=O) groups excluding carboxylic acids is 4. The summed E-state index contributed by atoms with van der Waals surface area (Å²) in [5, 5.41) is 10.6. The van der Waals surface area contributed by atoms with E-state index < -0.39 is 97.5 Å². The molecule has 0 amide bonds. The number of phosphoric acid groups is 2. The number of ether oxygens (including phenoxy) is 4. The highest BCUT2D eigenvalue weighted by atomic mass is 31.2. The van der Waals surface area contributed by atoms with Crippen molar-refractivity contribution in [3.63, 3.8) is 0 Å². The molecule has 0 bridgehead atoms. The molecule has 0 aromatic carbocycles. The Bertz CT molecular complexity index is 2030. The summed E-state index contributed by atoms with van der Waals surface area (Å²) in [7, 11) is -9.94. The van der Waals surface area contributed by atoms with E-state index in [1.165, 1.54) is 96.3 Å². The van der Waals surface area contributed by atoms with Crippen molar-refractivity contribution in [3.05, 3.63) is 60.8 Å². The van der Waals surface area contributed by atoms with Crippen LogP contribution in [0.1, 0.15) is 336 Å². The monoisotopic (exact) mass is 1370 g/mol. The fraction of sp³-hybridized carbons (Fsp3) is 0.813. The number of phosphoric ester groups is 2. The van der Waals surface area contributed by atoms with Crippen molar-refractivity contribution in [1.29, 1.82) is 0 Å². The average molecular weight is 1370 g/mol. The minimum Gasteiger partial charge on any atom is -0.462 e. The zero-order valence-corrected chi connectivity index (χ0v) is 61.4. The summed E-state index contributed by atoms with van der Waals surface area (Å²) in [6, 6.07) is 0. The third-order valence-electron chi connectivity index (χ3n) is 15.9. The van der Waals surface area contributed by atoms with E-state index in [1.807, 2.05) is 0 Å². The van der Waals surface area contributed by atoms with E-state index in [1.54, 1.807) is 0 Å². The quantitative estimate of drug-likeness (QED) is 0.0169. The van der Waals surface area contributed by atoms with Gasteiger partial charge in [-0.3, -0.25) is 37.3 Å². The van der Waals surface area contributed by atoms with Gasteiger partial charge in [-0.1, -0.05) is 236 Å². The van der Waals surface area contributed by atoms with Gasteiger partial charge >= 0.3 is 39.5 Å². The number of hydrogen-bond acceptors (Lipinski definition) is 15. The minimum atomic E-state index is -4.97. The van der Waals surface area contributed by atoms with Crippen LogP contribution in [-0.4, -0.2) is 96.7 Å². The maximum atomic E-state index is 13.0. The Morgan fingerprint density at radius 2 is 0.521 bits per heavy atom. The molecule has 0 aromatic heterocycles. The maximum Gasteiger partial charge on any atom is 0.472 e. The number of aliphatic hydroxyl groups is 1. The number of hydrogen-bond donors (Lipinski definition) is 3. The highest BCUT2D eigenvalue weighted by molar-refractivity contribution is 7.47. The fourth-order valence-corrected chi connectivity index (χ4v) is 11.7. The second-order valence-corrected chi connectivity index (χ2v) is 28.1. The van der Waals surface area contributed by atoms with Crippen molar-refractivity contribution in [3.8, 4) is 0 Å². The first-order valence-electron chi connectivity index (χ1n) is 37.5. The summed E-state index contributed by atoms with van der Waals surface area (Å²) in [4.78, 5) is 72.7. The minimum absolute atomic E-state index is 0.0849. The van der Waals surface area contributed by atoms with Gasteiger partial charge in [0.15, 0.2) is 12.2 Å². The molecule has 2 unspecified atom stereocenters. The number of unbranched alkanes of at least 4 members (excludes halogenated alkanes) is 35. The zero-order chi connectivity index (χ0) is 69.0. The molecule has 94 heavy (non-hydrogen) atoms. The van der Waals surface area contributed by atoms with Crippen molar-refractivity contribution >= 4 is 39.5 Å². The fourth-order valence-electron chi connectivity index (χ4n) is 10.1. The number of esters is 4. The lowest BCUT2D eigenvalue weighted by Gasteiger charge is -2.21. The first kappa shape index (κ1) is 90.8. The normalized spacial score (nSPS) is 14.3. The van der Waals surface area contributed by atoms with Crippen LogP contribution in [-0.2, 0) is 65.4 Å². The van der Waals surface area contributed by atoms with Crippen LogP contribution in [0.4, 0.5) is 0 Å². The largest absolute Gasteiger partial charge is 0.472 e. The number of carbonyl (C=O) groups is 4. The molecular weight excluding hydrogens is 1230 g/mol. The number of allylic oxidation sites excluding steroid dienone is 10. The zero-order valence-electron chi connectivity index (χ0n) is 59.6. The molecular formula is C75H136O17P2. The van der Waals surface area contributed by atoms with E-state index in [9.17, 15) is 43.2 Å². The lowest BCUT2D eigenvalue weighted by Crippen LogP contribution is -2.30. The van der Waals surface area contributed by atoms with Gasteiger partial charge in [-0.15, -0.1) is 0 Å². The van der Waals surface area contributed by atoms with Crippen LogP contribution in [0.15, 0.2) is 60.8 Å². The molecule has 0 aliphatic carbocycles. The topological polar surface area (TPSA) is 237 Å². The van der Waals surface area contributed by atoms with Gasteiger partial charge in [0.05, 0.1) is 26.4 Å². The smallest absolute Gasteiger partial charge is 0.462 e. The van der Waals surface area contributed by atoms with Crippen LogP contribution >= 0.6 is 15.6 Å². The Morgan fingerprint density at radius 1 is 0.298 bits per heavy atom. The molecule has 3 N–H and O–H groups in total. The molecule has 0 aliphatic heterocycles. The molecule has 548 valence electrons. The molecule has 0 saturated carbocycles. The predicted octanol–water partition coefficient (Wildman–Crippen LogP) is 21.1. The number of aliphatic hydroxyl groups excluding tert-OH is 1. The molecule has 0 spiro atoms. The SMILES string of the molecule is CCCCC/C=C\C/C=C\CCCCCCCC(=O)OC[C@H](COP(=O)(O)OC[C@@H](O)COP(=O)(O)OC[C@@H](COC(=O)CCCCCCC/C=C\CCCCCC)OC(=O)CCCCCCC/C=C\CCCCCC)OC(=O)CCCCCCC/C=C\CCCCCC. The molecule has 19 heteroatoms. The number of rotatable bonds is 71. The summed E-state index contributed by atoms with van der Waals surface area (Å²) in [5.41, 5.74) is 0. The Hall–Kier alpha value is -3.24. The lowest BCUT2D eigenvalue weighted by atomic mass is 10.1. The second kappa shape index (κ2) is 68.3. The molecule has 0 radical (unpaired) electrons. The Morgan fingerprint density at radius 3 is 0.819 bits per heavy atom. The van der Waals surface area contributed by atoms with Crippen molar-refractivity contribution in [2.75, 3.05) is 39.6 Å². The van der Waals surface area contributed by atoms with Gasteiger partial charge in [0.1, 0.15) is 19.3 Å². The van der Waals surface area contributed by atoms with E-state index in [-0.39, 0.29) is 25.7 Å². The van der Waals surface area contributed by atoms with E-state index >= 15 is 0 Å². The molecule has 0 rings (SSSR count). The van der Waals surface area contributed by atoms with Crippen LogP contribution in [0.5, 0.6) is 0 Å². The molecule has 17 nitrogen and oxygen atoms in total. The predicted molar refractivity (Wildman–Crippen MR) is 381 cm³/mol. The third kappa shape index (κ3) is 67.3. The Labute approximate surface area is 571 Å². The first-order chi connectivity index (χ1) is 45.7. The third-order valence-corrected chi connectivity index (χ3v) is 17.8. The lowest BCUT2D eigenvalue weighted by molar-refractivity contribution is -0.161. The highest BCUT2D eigenvalue weighted by Crippen LogP contribution is 2.45. The second-order valence-electron chi connectivity index (χ2n) is 25.2. The van der Waals surface area contributed by atoms with Crippen molar-refractivity contribution < 1.29 is 80.2 Å². The van der Waals surface area contributed by atoms with Crippen LogP contribution < -0.4 is 0 Å². The van der Waals surface area contributed by atoms with E-state index in [0.29, 0.717) is 25.7 Å². The summed E-state index contributed by atoms with van der Waals surface area (Å²) in [6.45, 7) is 4.79. The van der Waals surface area contributed by atoms with Gasteiger partial charge < -0.3 is 33.8 Å². The van der Waals surface area contributed by atoms with Crippen LogP contribution in [0.25, 0.3) is 0 Å². The molecule has 5 atom stereocenters. The van der Waals surface area contributed by atoms with E-state index in [4.69, 9.17) is 37.0 Å². The van der Waals surface area contributed by atoms with Crippen LogP contribution in [0.2, 0.25) is 0 Å².